The Hall–Kier alpha value is -2.57. The Morgan fingerprint density at radius 2 is 1.57 bits per heavy atom. The van der Waals surface area contributed by atoms with Crippen LogP contribution in [0.1, 0.15) is 22.3 Å². The molecule has 1 saturated heterocycles. The third kappa shape index (κ3) is 5.71. The van der Waals surface area contributed by atoms with Gasteiger partial charge in [-0.15, -0.1) is 12.4 Å². The molecule has 150 valence electrons. The average molecular weight is 403 g/mol. The van der Waals surface area contributed by atoms with Crippen molar-refractivity contribution >= 4 is 29.9 Å². The van der Waals surface area contributed by atoms with Crippen LogP contribution in [0.2, 0.25) is 0 Å². The Morgan fingerprint density at radius 3 is 2.18 bits per heavy atom. The third-order valence-electron chi connectivity index (χ3n) is 4.83. The van der Waals surface area contributed by atoms with Crippen molar-refractivity contribution in [2.24, 2.45) is 5.73 Å². The summed E-state index contributed by atoms with van der Waals surface area (Å²) in [6, 6.07) is 17.4. The van der Waals surface area contributed by atoms with Gasteiger partial charge >= 0.3 is 0 Å². The van der Waals surface area contributed by atoms with Gasteiger partial charge < -0.3 is 20.9 Å². The first kappa shape index (κ1) is 21.7. The van der Waals surface area contributed by atoms with Crippen LogP contribution < -0.4 is 16.0 Å². The molecule has 0 bridgehead atoms. The van der Waals surface area contributed by atoms with Crippen LogP contribution >= 0.6 is 12.4 Å². The van der Waals surface area contributed by atoms with Gasteiger partial charge in [-0.3, -0.25) is 9.59 Å². The summed E-state index contributed by atoms with van der Waals surface area (Å²) < 4.78 is 0. The highest BCUT2D eigenvalue weighted by molar-refractivity contribution is 5.94. The van der Waals surface area contributed by atoms with Crippen molar-refractivity contribution in [3.8, 4) is 0 Å². The molecule has 2 aromatic rings. The van der Waals surface area contributed by atoms with Gasteiger partial charge in [-0.05, 0) is 29.8 Å². The second-order valence-electron chi connectivity index (χ2n) is 6.61. The fraction of sp³-hybridized carbons (Fsp3) is 0.333. The summed E-state index contributed by atoms with van der Waals surface area (Å²) in [5.74, 6) is -0.0817. The SMILES string of the molecule is Cl.NCc1ccc(C(=O)NCCC(=O)N2CCN(c3ccccc3)CC2)cc1. The number of hydrogen-bond acceptors (Lipinski definition) is 4. The lowest BCUT2D eigenvalue weighted by molar-refractivity contribution is -0.131. The number of carbonyl (C=O) groups is 2. The van der Waals surface area contributed by atoms with E-state index in [1.807, 2.05) is 35.2 Å². The highest BCUT2D eigenvalue weighted by Crippen LogP contribution is 2.15. The molecule has 28 heavy (non-hydrogen) atoms. The number of nitrogens with one attached hydrogen (secondary N) is 1. The molecule has 3 rings (SSSR count). The molecule has 6 nitrogen and oxygen atoms in total. The van der Waals surface area contributed by atoms with E-state index in [1.54, 1.807) is 12.1 Å². The van der Waals surface area contributed by atoms with E-state index in [0.717, 1.165) is 18.7 Å². The van der Waals surface area contributed by atoms with Crippen LogP contribution in [0.4, 0.5) is 5.69 Å². The lowest BCUT2D eigenvalue weighted by Gasteiger charge is -2.36. The zero-order valence-electron chi connectivity index (χ0n) is 15.8. The number of carbonyl (C=O) groups excluding carboxylic acids is 2. The number of hydrogen-bond donors (Lipinski definition) is 2. The molecule has 1 fully saturated rings. The fourth-order valence-electron chi connectivity index (χ4n) is 3.19. The maximum atomic E-state index is 12.4. The van der Waals surface area contributed by atoms with Crippen molar-refractivity contribution in [3.63, 3.8) is 0 Å². The number of nitrogens with zero attached hydrogens (tertiary/aromatic N) is 2. The number of halogens is 1. The highest BCUT2D eigenvalue weighted by atomic mass is 35.5. The maximum Gasteiger partial charge on any atom is 0.251 e. The molecule has 2 amide bonds. The lowest BCUT2D eigenvalue weighted by Crippen LogP contribution is -2.49. The van der Waals surface area contributed by atoms with Crippen LogP contribution in [-0.4, -0.2) is 49.4 Å². The molecule has 1 aliphatic rings. The van der Waals surface area contributed by atoms with Gasteiger partial charge in [-0.25, -0.2) is 0 Å². The number of piperazine rings is 1. The van der Waals surface area contributed by atoms with Crippen LogP contribution in [0.15, 0.2) is 54.6 Å². The summed E-state index contributed by atoms with van der Waals surface area (Å²) in [4.78, 5) is 28.7. The summed E-state index contributed by atoms with van der Waals surface area (Å²) in [5.41, 5.74) is 8.31. The minimum absolute atomic E-state index is 0. The molecule has 2 aromatic carbocycles. The Morgan fingerprint density at radius 1 is 0.929 bits per heavy atom. The Kier molecular flexibility index (Phi) is 8.29. The number of benzene rings is 2. The largest absolute Gasteiger partial charge is 0.368 e. The monoisotopic (exact) mass is 402 g/mol. The second kappa shape index (κ2) is 10.7. The van der Waals surface area contributed by atoms with Gasteiger partial charge in [0.15, 0.2) is 0 Å². The average Bonchev–Trinajstić information content (AvgIpc) is 2.74. The number of amides is 2. The van der Waals surface area contributed by atoms with Gasteiger partial charge in [-0.1, -0.05) is 30.3 Å². The lowest BCUT2D eigenvalue weighted by atomic mass is 10.1. The molecule has 0 radical (unpaired) electrons. The van der Waals surface area contributed by atoms with Crippen molar-refractivity contribution in [1.82, 2.24) is 10.2 Å². The van der Waals surface area contributed by atoms with E-state index in [4.69, 9.17) is 5.73 Å². The zero-order valence-corrected chi connectivity index (χ0v) is 16.7. The standard InChI is InChI=1S/C21H26N4O2.ClH/c22-16-17-6-8-18(9-7-17)21(27)23-11-10-20(26)25-14-12-24(13-15-25)19-4-2-1-3-5-19;/h1-9H,10-16,22H2,(H,23,27);1H. The summed E-state index contributed by atoms with van der Waals surface area (Å²) in [6.07, 6.45) is 0.317. The predicted molar refractivity (Wildman–Crippen MR) is 114 cm³/mol. The van der Waals surface area contributed by atoms with E-state index >= 15 is 0 Å². The van der Waals surface area contributed by atoms with Gasteiger partial charge in [0.2, 0.25) is 5.91 Å². The molecular formula is C21H27ClN4O2. The van der Waals surface area contributed by atoms with E-state index < -0.39 is 0 Å². The number of nitrogens with two attached hydrogens (primary N) is 1. The topological polar surface area (TPSA) is 78.7 Å². The minimum Gasteiger partial charge on any atom is -0.368 e. The molecule has 7 heteroatoms. The molecule has 3 N–H and O–H groups in total. The van der Waals surface area contributed by atoms with Crippen molar-refractivity contribution in [3.05, 3.63) is 65.7 Å². The van der Waals surface area contributed by atoms with E-state index in [2.05, 4.69) is 22.3 Å². The summed E-state index contributed by atoms with van der Waals surface area (Å²) in [5, 5.41) is 2.81. The van der Waals surface area contributed by atoms with E-state index in [0.29, 0.717) is 38.2 Å². The molecule has 0 aliphatic carbocycles. The van der Waals surface area contributed by atoms with Gasteiger partial charge in [0.1, 0.15) is 0 Å². The van der Waals surface area contributed by atoms with Crippen LogP contribution in [0.25, 0.3) is 0 Å². The molecule has 0 aromatic heterocycles. The smallest absolute Gasteiger partial charge is 0.251 e. The van der Waals surface area contributed by atoms with Gasteiger partial charge in [-0.2, -0.15) is 0 Å². The predicted octanol–water partition coefficient (Wildman–Crippen LogP) is 2.04. The van der Waals surface area contributed by atoms with E-state index in [-0.39, 0.29) is 24.2 Å². The van der Waals surface area contributed by atoms with Gasteiger partial charge in [0.05, 0.1) is 0 Å². The summed E-state index contributed by atoms with van der Waals surface area (Å²) in [7, 11) is 0. The van der Waals surface area contributed by atoms with Crippen molar-refractivity contribution in [2.75, 3.05) is 37.6 Å². The highest BCUT2D eigenvalue weighted by Gasteiger charge is 2.21. The number of para-hydroxylation sites is 1. The van der Waals surface area contributed by atoms with Gasteiger partial charge in [0.25, 0.3) is 5.91 Å². The van der Waals surface area contributed by atoms with Crippen LogP contribution in [-0.2, 0) is 11.3 Å². The van der Waals surface area contributed by atoms with Crippen molar-refractivity contribution < 1.29 is 9.59 Å². The first-order valence-corrected chi connectivity index (χ1v) is 9.32. The quantitative estimate of drug-likeness (QED) is 0.775. The normalized spacial score (nSPS) is 13.6. The first-order valence-electron chi connectivity index (χ1n) is 9.32. The van der Waals surface area contributed by atoms with E-state index in [1.165, 1.54) is 5.69 Å². The van der Waals surface area contributed by atoms with Crippen LogP contribution in [0.5, 0.6) is 0 Å². The Bertz CT molecular complexity index is 760. The summed E-state index contributed by atoms with van der Waals surface area (Å²) >= 11 is 0. The first-order chi connectivity index (χ1) is 13.2. The molecular weight excluding hydrogens is 376 g/mol. The Labute approximate surface area is 172 Å². The molecule has 0 unspecified atom stereocenters. The molecule has 0 atom stereocenters. The summed E-state index contributed by atoms with van der Waals surface area (Å²) in [6.45, 7) is 3.87. The zero-order chi connectivity index (χ0) is 19.1. The van der Waals surface area contributed by atoms with Crippen LogP contribution in [0.3, 0.4) is 0 Å². The molecule has 1 aliphatic heterocycles. The van der Waals surface area contributed by atoms with Crippen molar-refractivity contribution in [1.29, 1.82) is 0 Å². The minimum atomic E-state index is -0.166. The number of anilines is 1. The number of rotatable bonds is 6. The van der Waals surface area contributed by atoms with Crippen LogP contribution in [0, 0.1) is 0 Å². The fourth-order valence-corrected chi connectivity index (χ4v) is 3.19. The molecule has 0 spiro atoms. The Balaban J connectivity index is 0.00000280. The van der Waals surface area contributed by atoms with Gasteiger partial charge in [0, 0.05) is 56.9 Å². The maximum absolute atomic E-state index is 12.4. The second-order valence-corrected chi connectivity index (χ2v) is 6.61. The van der Waals surface area contributed by atoms with Crippen molar-refractivity contribution in [2.45, 2.75) is 13.0 Å². The third-order valence-corrected chi connectivity index (χ3v) is 4.83. The molecule has 1 heterocycles. The molecule has 0 saturated carbocycles. The van der Waals surface area contributed by atoms with E-state index in [9.17, 15) is 9.59 Å².